The summed E-state index contributed by atoms with van der Waals surface area (Å²) in [5.41, 5.74) is 1.33. The van der Waals surface area contributed by atoms with E-state index in [9.17, 15) is 5.11 Å². The van der Waals surface area contributed by atoms with Gasteiger partial charge in [-0.05, 0) is 29.9 Å². The highest BCUT2D eigenvalue weighted by molar-refractivity contribution is 9.10. The molecule has 0 heterocycles. The largest absolute Gasteiger partial charge is 0.396 e. The molecule has 0 spiro atoms. The van der Waals surface area contributed by atoms with E-state index >= 15 is 0 Å². The third-order valence-electron chi connectivity index (χ3n) is 3.74. The van der Waals surface area contributed by atoms with Crippen molar-refractivity contribution in [3.8, 4) is 0 Å². The average Bonchev–Trinajstić information content (AvgIpc) is 2.81. The van der Waals surface area contributed by atoms with Crippen LogP contribution in [0.3, 0.4) is 0 Å². The van der Waals surface area contributed by atoms with Crippen LogP contribution in [0.25, 0.3) is 0 Å². The van der Waals surface area contributed by atoms with Gasteiger partial charge in [-0.3, -0.25) is 0 Å². The molecule has 1 atom stereocenters. The first-order chi connectivity index (χ1) is 7.81. The zero-order chi connectivity index (χ0) is 11.4. The van der Waals surface area contributed by atoms with Crippen molar-refractivity contribution in [3.63, 3.8) is 0 Å². The smallest absolute Gasteiger partial charge is 0.0465 e. The van der Waals surface area contributed by atoms with Gasteiger partial charge in [0, 0.05) is 11.1 Å². The van der Waals surface area contributed by atoms with Gasteiger partial charge in [-0.15, -0.1) is 0 Å². The zero-order valence-electron chi connectivity index (χ0n) is 9.53. The number of hydrogen-bond acceptors (Lipinski definition) is 1. The molecular formula is C14H19BrO. The molecular weight excluding hydrogens is 264 g/mol. The topological polar surface area (TPSA) is 20.2 Å². The van der Waals surface area contributed by atoms with Gasteiger partial charge in [-0.1, -0.05) is 59.8 Å². The van der Waals surface area contributed by atoms with Crippen molar-refractivity contribution in [2.45, 2.75) is 32.1 Å². The van der Waals surface area contributed by atoms with Crippen LogP contribution in [0.2, 0.25) is 0 Å². The van der Waals surface area contributed by atoms with Gasteiger partial charge >= 0.3 is 0 Å². The minimum absolute atomic E-state index is 0.325. The van der Waals surface area contributed by atoms with Gasteiger partial charge in [0.1, 0.15) is 0 Å². The number of aliphatic hydroxyl groups excluding tert-OH is 1. The second-order valence-corrected chi connectivity index (χ2v) is 5.64. The van der Waals surface area contributed by atoms with Gasteiger partial charge in [0.15, 0.2) is 0 Å². The lowest BCUT2D eigenvalue weighted by molar-refractivity contribution is 0.175. The van der Waals surface area contributed by atoms with Crippen LogP contribution in [0.15, 0.2) is 28.7 Å². The van der Waals surface area contributed by atoms with E-state index < -0.39 is 0 Å². The van der Waals surface area contributed by atoms with Gasteiger partial charge in [-0.25, -0.2) is 0 Å². The van der Waals surface area contributed by atoms with E-state index in [1.54, 1.807) is 0 Å². The molecule has 16 heavy (non-hydrogen) atoms. The third-order valence-corrected chi connectivity index (χ3v) is 4.51. The first-order valence-corrected chi connectivity index (χ1v) is 6.95. The molecule has 1 saturated carbocycles. The van der Waals surface area contributed by atoms with E-state index in [1.165, 1.54) is 35.7 Å². The van der Waals surface area contributed by atoms with Crippen LogP contribution in [-0.4, -0.2) is 11.7 Å². The highest BCUT2D eigenvalue weighted by Gasteiger charge is 2.24. The lowest BCUT2D eigenvalue weighted by atomic mass is 9.86. The Bertz CT molecular complexity index is 331. The molecule has 1 nitrogen and oxygen atoms in total. The fourth-order valence-electron chi connectivity index (χ4n) is 2.76. The van der Waals surface area contributed by atoms with Crippen molar-refractivity contribution >= 4 is 15.9 Å². The second kappa shape index (κ2) is 5.83. The summed E-state index contributed by atoms with van der Waals surface area (Å²) >= 11 is 3.58. The monoisotopic (exact) mass is 282 g/mol. The summed E-state index contributed by atoms with van der Waals surface area (Å²) in [6.45, 7) is 0.325. The summed E-state index contributed by atoms with van der Waals surface area (Å²) < 4.78 is 1.17. The van der Waals surface area contributed by atoms with E-state index in [0.717, 1.165) is 12.3 Å². The SMILES string of the molecule is OCC(Cc1ccccc1Br)C1CCCC1. The molecule has 88 valence electrons. The molecule has 1 aromatic rings. The van der Waals surface area contributed by atoms with Crippen molar-refractivity contribution in [1.82, 2.24) is 0 Å². The molecule has 0 aromatic heterocycles. The summed E-state index contributed by atoms with van der Waals surface area (Å²) in [7, 11) is 0. The lowest BCUT2D eigenvalue weighted by Crippen LogP contribution is -2.18. The number of benzene rings is 1. The fourth-order valence-corrected chi connectivity index (χ4v) is 3.20. The van der Waals surface area contributed by atoms with Crippen molar-refractivity contribution in [2.75, 3.05) is 6.61 Å². The van der Waals surface area contributed by atoms with Crippen molar-refractivity contribution in [2.24, 2.45) is 11.8 Å². The minimum atomic E-state index is 0.325. The van der Waals surface area contributed by atoms with E-state index in [0.29, 0.717) is 12.5 Å². The Labute approximate surface area is 106 Å². The minimum Gasteiger partial charge on any atom is -0.396 e. The Kier molecular flexibility index (Phi) is 4.42. The summed E-state index contributed by atoms with van der Waals surface area (Å²) in [6.07, 6.45) is 6.29. The Hall–Kier alpha value is -0.340. The standard InChI is InChI=1S/C14H19BrO/c15-14-8-4-3-7-12(14)9-13(10-16)11-5-1-2-6-11/h3-4,7-8,11,13,16H,1-2,5-6,9-10H2. The fraction of sp³-hybridized carbons (Fsp3) is 0.571. The van der Waals surface area contributed by atoms with Crippen molar-refractivity contribution < 1.29 is 5.11 Å². The van der Waals surface area contributed by atoms with Crippen LogP contribution < -0.4 is 0 Å². The Balaban J connectivity index is 2.03. The molecule has 0 radical (unpaired) electrons. The van der Waals surface area contributed by atoms with Crippen LogP contribution in [-0.2, 0) is 6.42 Å². The molecule has 1 fully saturated rings. The molecule has 1 aliphatic rings. The zero-order valence-corrected chi connectivity index (χ0v) is 11.1. The summed E-state index contributed by atoms with van der Waals surface area (Å²) in [4.78, 5) is 0. The normalized spacial score (nSPS) is 18.9. The number of halogens is 1. The van der Waals surface area contributed by atoms with E-state index in [-0.39, 0.29) is 0 Å². The van der Waals surface area contributed by atoms with Gasteiger partial charge in [0.2, 0.25) is 0 Å². The molecule has 2 heteroatoms. The molecule has 0 bridgehead atoms. The van der Waals surface area contributed by atoms with Crippen LogP contribution in [0.1, 0.15) is 31.2 Å². The molecule has 0 amide bonds. The summed E-state index contributed by atoms with van der Waals surface area (Å²) in [5.74, 6) is 1.18. The predicted octanol–water partition coefficient (Wildman–Crippen LogP) is 3.79. The maximum Gasteiger partial charge on any atom is 0.0465 e. The Morgan fingerprint density at radius 2 is 1.94 bits per heavy atom. The number of hydrogen-bond donors (Lipinski definition) is 1. The third kappa shape index (κ3) is 2.86. The van der Waals surface area contributed by atoms with Crippen LogP contribution in [0.5, 0.6) is 0 Å². The highest BCUT2D eigenvalue weighted by Crippen LogP contribution is 2.34. The van der Waals surface area contributed by atoms with E-state index in [4.69, 9.17) is 0 Å². The molecule has 0 saturated heterocycles. The van der Waals surface area contributed by atoms with Crippen LogP contribution in [0, 0.1) is 11.8 Å². The first kappa shape index (κ1) is 12.1. The molecule has 1 aromatic carbocycles. The van der Waals surface area contributed by atoms with Gasteiger partial charge in [0.05, 0.1) is 0 Å². The maximum absolute atomic E-state index is 9.52. The van der Waals surface area contributed by atoms with Crippen molar-refractivity contribution in [1.29, 1.82) is 0 Å². The Morgan fingerprint density at radius 1 is 1.25 bits per heavy atom. The highest BCUT2D eigenvalue weighted by atomic mass is 79.9. The summed E-state index contributed by atoms with van der Waals surface area (Å²) in [5, 5.41) is 9.52. The van der Waals surface area contributed by atoms with Crippen LogP contribution >= 0.6 is 15.9 Å². The first-order valence-electron chi connectivity index (χ1n) is 6.15. The van der Waals surface area contributed by atoms with Gasteiger partial charge < -0.3 is 5.11 Å². The Morgan fingerprint density at radius 3 is 2.56 bits per heavy atom. The average molecular weight is 283 g/mol. The lowest BCUT2D eigenvalue weighted by Gasteiger charge is -2.21. The number of rotatable bonds is 4. The van der Waals surface area contributed by atoms with E-state index in [2.05, 4.69) is 34.1 Å². The summed E-state index contributed by atoms with van der Waals surface area (Å²) in [6, 6.07) is 8.35. The van der Waals surface area contributed by atoms with Gasteiger partial charge in [-0.2, -0.15) is 0 Å². The van der Waals surface area contributed by atoms with E-state index in [1.807, 2.05) is 6.07 Å². The van der Waals surface area contributed by atoms with Gasteiger partial charge in [0.25, 0.3) is 0 Å². The quantitative estimate of drug-likeness (QED) is 0.891. The second-order valence-electron chi connectivity index (χ2n) is 4.78. The predicted molar refractivity (Wildman–Crippen MR) is 70.4 cm³/mol. The molecule has 0 aliphatic heterocycles. The molecule has 2 rings (SSSR count). The van der Waals surface area contributed by atoms with Crippen LogP contribution in [0.4, 0.5) is 0 Å². The molecule has 1 unspecified atom stereocenters. The maximum atomic E-state index is 9.52. The number of aliphatic hydroxyl groups is 1. The molecule has 1 N–H and O–H groups in total. The molecule has 1 aliphatic carbocycles. The van der Waals surface area contributed by atoms with Crippen molar-refractivity contribution in [3.05, 3.63) is 34.3 Å².